The van der Waals surface area contributed by atoms with Crippen LogP contribution in [0.15, 0.2) is 4.34 Å². The molecular formula is C9H16N4OS2. The number of hydrazine groups is 1. The summed E-state index contributed by atoms with van der Waals surface area (Å²) in [6.45, 7) is 4.04. The first-order valence-corrected chi connectivity index (χ1v) is 6.86. The third-order valence-electron chi connectivity index (χ3n) is 1.99. The molecule has 1 aromatic heterocycles. The third-order valence-corrected chi connectivity index (χ3v) is 4.08. The maximum atomic E-state index is 11.5. The number of carbonyl (C=O) groups excluding carboxylic acids is 1. The van der Waals surface area contributed by atoms with Gasteiger partial charge in [-0.3, -0.25) is 10.2 Å². The fourth-order valence-electron chi connectivity index (χ4n) is 1.15. The molecule has 7 heteroatoms. The average molecular weight is 260 g/mol. The number of nitrogens with one attached hydrogen (secondary N) is 1. The average Bonchev–Trinajstić information content (AvgIpc) is 2.75. The summed E-state index contributed by atoms with van der Waals surface area (Å²) in [5.41, 5.74) is 2.19. The zero-order valence-corrected chi connectivity index (χ0v) is 11.0. The van der Waals surface area contributed by atoms with Gasteiger partial charge in [-0.2, -0.15) is 4.37 Å². The van der Waals surface area contributed by atoms with E-state index in [0.717, 1.165) is 29.4 Å². The predicted octanol–water partition coefficient (Wildman–Crippen LogP) is 1.35. The second-order valence-electron chi connectivity index (χ2n) is 3.23. The highest BCUT2D eigenvalue weighted by Gasteiger charge is 2.19. The molecule has 1 amide bonds. The summed E-state index contributed by atoms with van der Waals surface area (Å²) in [5.74, 6) is 5.82. The molecule has 1 rings (SSSR count). The minimum absolute atomic E-state index is 0.153. The monoisotopic (exact) mass is 260 g/mol. The summed E-state index contributed by atoms with van der Waals surface area (Å²) in [7, 11) is 0. The van der Waals surface area contributed by atoms with Gasteiger partial charge in [0, 0.05) is 6.42 Å². The highest BCUT2D eigenvalue weighted by atomic mass is 32.2. The van der Waals surface area contributed by atoms with E-state index in [0.29, 0.717) is 0 Å². The van der Waals surface area contributed by atoms with Crippen LogP contribution in [0.25, 0.3) is 0 Å². The SMILES string of the molecule is CCCC(Sc1nc(CC)ns1)C(=O)NN. The second kappa shape index (κ2) is 6.82. The van der Waals surface area contributed by atoms with Crippen molar-refractivity contribution in [1.29, 1.82) is 0 Å². The fraction of sp³-hybridized carbons (Fsp3) is 0.667. The van der Waals surface area contributed by atoms with Crippen molar-refractivity contribution in [3.63, 3.8) is 0 Å². The van der Waals surface area contributed by atoms with Crippen molar-refractivity contribution in [3.8, 4) is 0 Å². The number of rotatable bonds is 6. The number of hydrogen-bond acceptors (Lipinski definition) is 6. The maximum Gasteiger partial charge on any atom is 0.247 e. The van der Waals surface area contributed by atoms with Gasteiger partial charge in [0.05, 0.1) is 5.25 Å². The van der Waals surface area contributed by atoms with Gasteiger partial charge in [-0.25, -0.2) is 10.8 Å². The number of carbonyl (C=O) groups is 1. The number of aromatic nitrogens is 2. The molecular weight excluding hydrogens is 244 g/mol. The molecule has 0 aromatic carbocycles. The van der Waals surface area contributed by atoms with Crippen molar-refractivity contribution < 1.29 is 4.79 Å². The normalized spacial score (nSPS) is 12.4. The molecule has 90 valence electrons. The summed E-state index contributed by atoms with van der Waals surface area (Å²) < 4.78 is 5.01. The van der Waals surface area contributed by atoms with Crippen LogP contribution in [-0.4, -0.2) is 20.5 Å². The predicted molar refractivity (Wildman–Crippen MR) is 66.2 cm³/mol. The lowest BCUT2D eigenvalue weighted by Gasteiger charge is -2.11. The van der Waals surface area contributed by atoms with Crippen molar-refractivity contribution in [1.82, 2.24) is 14.8 Å². The Labute approximate surface area is 103 Å². The molecule has 1 unspecified atom stereocenters. The number of aryl methyl sites for hydroxylation is 1. The molecule has 1 atom stereocenters. The van der Waals surface area contributed by atoms with E-state index in [1.165, 1.54) is 23.3 Å². The van der Waals surface area contributed by atoms with Crippen LogP contribution in [0, 0.1) is 0 Å². The fourth-order valence-corrected chi connectivity index (χ4v) is 3.21. The van der Waals surface area contributed by atoms with Gasteiger partial charge >= 0.3 is 0 Å². The Bertz CT molecular complexity index is 342. The van der Waals surface area contributed by atoms with E-state index >= 15 is 0 Å². The van der Waals surface area contributed by atoms with E-state index in [9.17, 15) is 4.79 Å². The maximum absolute atomic E-state index is 11.5. The van der Waals surface area contributed by atoms with Crippen molar-refractivity contribution in [3.05, 3.63) is 5.82 Å². The van der Waals surface area contributed by atoms with Crippen LogP contribution in [0.1, 0.15) is 32.5 Å². The standard InChI is InChI=1S/C9H16N4OS2/c1-3-5-6(8(14)12-10)15-9-11-7(4-2)13-16-9/h6H,3-5,10H2,1-2H3,(H,12,14). The summed E-state index contributed by atoms with van der Waals surface area (Å²) in [4.78, 5) is 15.8. The van der Waals surface area contributed by atoms with E-state index in [1.54, 1.807) is 0 Å². The van der Waals surface area contributed by atoms with Crippen LogP contribution in [-0.2, 0) is 11.2 Å². The lowest BCUT2D eigenvalue weighted by atomic mass is 10.2. The molecule has 0 radical (unpaired) electrons. The van der Waals surface area contributed by atoms with E-state index in [-0.39, 0.29) is 11.2 Å². The Hall–Kier alpha value is -0.660. The molecule has 0 saturated heterocycles. The van der Waals surface area contributed by atoms with E-state index in [2.05, 4.69) is 14.8 Å². The molecule has 0 fully saturated rings. The Kier molecular flexibility index (Phi) is 5.72. The minimum atomic E-state index is -0.173. The van der Waals surface area contributed by atoms with E-state index in [4.69, 9.17) is 5.84 Å². The van der Waals surface area contributed by atoms with Gasteiger partial charge in [-0.05, 0) is 18.0 Å². The van der Waals surface area contributed by atoms with Crippen LogP contribution in [0.2, 0.25) is 0 Å². The number of hydrogen-bond donors (Lipinski definition) is 2. The summed E-state index contributed by atoms with van der Waals surface area (Å²) >= 11 is 2.77. The quantitative estimate of drug-likeness (QED) is 0.349. The first kappa shape index (κ1) is 13.4. The summed E-state index contributed by atoms with van der Waals surface area (Å²) in [6.07, 6.45) is 2.54. The molecule has 0 aliphatic rings. The van der Waals surface area contributed by atoms with Crippen LogP contribution in [0.5, 0.6) is 0 Å². The first-order chi connectivity index (χ1) is 7.71. The minimum Gasteiger partial charge on any atom is -0.293 e. The molecule has 0 aliphatic heterocycles. The molecule has 0 aliphatic carbocycles. The first-order valence-electron chi connectivity index (χ1n) is 5.20. The van der Waals surface area contributed by atoms with Gasteiger partial charge in [-0.1, -0.05) is 32.0 Å². The lowest BCUT2D eigenvalue weighted by Crippen LogP contribution is -2.37. The molecule has 3 N–H and O–H groups in total. The summed E-state index contributed by atoms with van der Waals surface area (Å²) in [6, 6.07) is 0. The van der Waals surface area contributed by atoms with Crippen LogP contribution >= 0.6 is 23.3 Å². The van der Waals surface area contributed by atoms with Gasteiger partial charge in [0.25, 0.3) is 0 Å². The molecule has 0 spiro atoms. The Morgan fingerprint density at radius 3 is 2.88 bits per heavy atom. The summed E-state index contributed by atoms with van der Waals surface area (Å²) in [5, 5.41) is -0.173. The Morgan fingerprint density at radius 1 is 1.62 bits per heavy atom. The Balaban J connectivity index is 2.63. The van der Waals surface area contributed by atoms with Gasteiger partial charge < -0.3 is 0 Å². The van der Waals surface area contributed by atoms with Crippen LogP contribution in [0.3, 0.4) is 0 Å². The molecule has 1 aromatic rings. The highest BCUT2D eigenvalue weighted by Crippen LogP contribution is 2.27. The number of nitrogens with zero attached hydrogens (tertiary/aromatic N) is 2. The smallest absolute Gasteiger partial charge is 0.247 e. The number of nitrogens with two attached hydrogens (primary N) is 1. The van der Waals surface area contributed by atoms with Gasteiger partial charge in [0.15, 0.2) is 4.34 Å². The molecule has 1 heterocycles. The van der Waals surface area contributed by atoms with Crippen molar-refractivity contribution in [2.24, 2.45) is 5.84 Å². The van der Waals surface area contributed by atoms with Gasteiger partial charge in [0.2, 0.25) is 5.91 Å². The van der Waals surface area contributed by atoms with Crippen LogP contribution < -0.4 is 11.3 Å². The zero-order valence-electron chi connectivity index (χ0n) is 9.40. The Morgan fingerprint density at radius 2 is 2.38 bits per heavy atom. The van der Waals surface area contributed by atoms with Gasteiger partial charge in [0.1, 0.15) is 5.82 Å². The molecule has 16 heavy (non-hydrogen) atoms. The van der Waals surface area contributed by atoms with Crippen molar-refractivity contribution >= 4 is 29.2 Å². The molecule has 0 saturated carbocycles. The van der Waals surface area contributed by atoms with E-state index in [1.807, 2.05) is 13.8 Å². The molecule has 5 nitrogen and oxygen atoms in total. The second-order valence-corrected chi connectivity index (χ2v) is 5.44. The topological polar surface area (TPSA) is 80.9 Å². The number of thioether (sulfide) groups is 1. The molecule has 0 bridgehead atoms. The number of amides is 1. The van der Waals surface area contributed by atoms with Crippen molar-refractivity contribution in [2.75, 3.05) is 0 Å². The lowest BCUT2D eigenvalue weighted by molar-refractivity contribution is -0.120. The van der Waals surface area contributed by atoms with Crippen LogP contribution in [0.4, 0.5) is 0 Å². The van der Waals surface area contributed by atoms with Gasteiger partial charge in [-0.15, -0.1) is 0 Å². The van der Waals surface area contributed by atoms with E-state index < -0.39 is 0 Å². The van der Waals surface area contributed by atoms with Crippen molar-refractivity contribution in [2.45, 2.75) is 42.7 Å². The third kappa shape index (κ3) is 3.73. The largest absolute Gasteiger partial charge is 0.293 e. The highest BCUT2D eigenvalue weighted by molar-refractivity contribution is 8.02. The zero-order chi connectivity index (χ0) is 12.0.